The van der Waals surface area contributed by atoms with Crippen molar-refractivity contribution in [2.75, 3.05) is 51.9 Å². The molecule has 1 aliphatic heterocycles. The van der Waals surface area contributed by atoms with Gasteiger partial charge >= 0.3 is 6.18 Å². The summed E-state index contributed by atoms with van der Waals surface area (Å²) in [6.07, 6.45) is -2.54. The molecule has 1 fully saturated rings. The number of morpholine rings is 1. The number of fused-ring (bicyclic) bond motifs is 1. The van der Waals surface area contributed by atoms with Gasteiger partial charge in [0, 0.05) is 31.1 Å². The van der Waals surface area contributed by atoms with Gasteiger partial charge in [0.05, 0.1) is 49.3 Å². The second kappa shape index (κ2) is 10.8. The van der Waals surface area contributed by atoms with Crippen LogP contribution in [0.25, 0.3) is 10.9 Å². The van der Waals surface area contributed by atoms with Crippen molar-refractivity contribution in [3.63, 3.8) is 0 Å². The highest BCUT2D eigenvalue weighted by atomic mass is 19.4. The number of benzene rings is 2. The highest BCUT2D eigenvalue weighted by molar-refractivity contribution is 5.93. The summed E-state index contributed by atoms with van der Waals surface area (Å²) >= 11 is 0. The number of alkyl halides is 3. The van der Waals surface area contributed by atoms with E-state index in [-0.39, 0.29) is 11.5 Å². The van der Waals surface area contributed by atoms with Crippen molar-refractivity contribution in [1.29, 1.82) is 5.26 Å². The fourth-order valence-corrected chi connectivity index (χ4v) is 3.87. The number of aromatic nitrogens is 2. The Kier molecular flexibility index (Phi) is 7.53. The van der Waals surface area contributed by atoms with Gasteiger partial charge in [-0.1, -0.05) is 6.07 Å². The summed E-state index contributed by atoms with van der Waals surface area (Å²) in [7, 11) is 1.50. The average Bonchev–Trinajstić information content (AvgIpc) is 2.86. The molecule has 4 rings (SSSR count). The van der Waals surface area contributed by atoms with Crippen LogP contribution >= 0.6 is 0 Å². The van der Waals surface area contributed by atoms with Gasteiger partial charge in [-0.15, -0.1) is 0 Å². The highest BCUT2D eigenvalue weighted by Crippen LogP contribution is 2.38. The molecular formula is C24H24F3N5O3. The number of nitrogens with one attached hydrogen (secondary N) is 1. The van der Waals surface area contributed by atoms with Crippen molar-refractivity contribution in [2.24, 2.45) is 0 Å². The van der Waals surface area contributed by atoms with Gasteiger partial charge in [0.15, 0.2) is 11.5 Å². The van der Waals surface area contributed by atoms with E-state index < -0.39 is 17.3 Å². The molecule has 0 radical (unpaired) electrons. The number of nitrogens with zero attached hydrogens (tertiary/aromatic N) is 4. The molecule has 1 aromatic heterocycles. The SMILES string of the molecule is COc1cc2c(Nc3cccc(C(F)(F)F)c3C#N)ncnc2cc1OCCCN1CCOCC1. The molecule has 2 heterocycles. The van der Waals surface area contributed by atoms with E-state index in [1.54, 1.807) is 18.2 Å². The number of hydrogen-bond donors (Lipinski definition) is 1. The Hall–Kier alpha value is -3.62. The Bertz CT molecular complexity index is 1220. The van der Waals surface area contributed by atoms with Crippen LogP contribution in [0.1, 0.15) is 17.5 Å². The summed E-state index contributed by atoms with van der Waals surface area (Å²) in [6, 6.07) is 8.50. The van der Waals surface area contributed by atoms with E-state index >= 15 is 0 Å². The van der Waals surface area contributed by atoms with Crippen LogP contribution in [0.15, 0.2) is 36.7 Å². The molecule has 0 bridgehead atoms. The van der Waals surface area contributed by atoms with Crippen molar-refractivity contribution < 1.29 is 27.4 Å². The summed E-state index contributed by atoms with van der Waals surface area (Å²) in [4.78, 5) is 10.8. The van der Waals surface area contributed by atoms with Gasteiger partial charge in [0.25, 0.3) is 0 Å². The Balaban J connectivity index is 1.56. The van der Waals surface area contributed by atoms with E-state index in [0.29, 0.717) is 29.0 Å². The fraction of sp³-hybridized carbons (Fsp3) is 0.375. The third-order valence-electron chi connectivity index (χ3n) is 5.64. The van der Waals surface area contributed by atoms with E-state index in [0.717, 1.165) is 45.3 Å². The first-order valence-corrected chi connectivity index (χ1v) is 11.0. The predicted octanol–water partition coefficient (Wildman–Crippen LogP) is 4.37. The molecule has 0 unspecified atom stereocenters. The molecule has 0 spiro atoms. The summed E-state index contributed by atoms with van der Waals surface area (Å²) in [6.45, 7) is 4.67. The maximum absolute atomic E-state index is 13.3. The van der Waals surface area contributed by atoms with Crippen LogP contribution in [0.4, 0.5) is 24.7 Å². The van der Waals surface area contributed by atoms with E-state index in [9.17, 15) is 18.4 Å². The molecule has 11 heteroatoms. The molecule has 1 aliphatic rings. The lowest BCUT2D eigenvalue weighted by Gasteiger charge is -2.26. The first-order valence-electron chi connectivity index (χ1n) is 11.0. The second-order valence-electron chi connectivity index (χ2n) is 7.86. The number of nitriles is 1. The minimum atomic E-state index is -4.66. The molecule has 0 amide bonds. The summed E-state index contributed by atoms with van der Waals surface area (Å²) < 4.78 is 56.8. The lowest BCUT2D eigenvalue weighted by Crippen LogP contribution is -2.37. The first-order chi connectivity index (χ1) is 16.9. The Morgan fingerprint density at radius 2 is 1.97 bits per heavy atom. The Labute approximate surface area is 200 Å². The zero-order valence-corrected chi connectivity index (χ0v) is 19.1. The quantitative estimate of drug-likeness (QED) is 0.468. The molecule has 35 heavy (non-hydrogen) atoms. The maximum Gasteiger partial charge on any atom is 0.417 e. The molecule has 3 aromatic rings. The van der Waals surface area contributed by atoms with Crippen molar-refractivity contribution in [2.45, 2.75) is 12.6 Å². The zero-order valence-electron chi connectivity index (χ0n) is 19.1. The normalized spacial score (nSPS) is 14.5. The minimum Gasteiger partial charge on any atom is -0.493 e. The van der Waals surface area contributed by atoms with Crippen molar-refractivity contribution in [1.82, 2.24) is 14.9 Å². The molecule has 8 nitrogen and oxygen atoms in total. The number of anilines is 2. The number of rotatable bonds is 8. The Morgan fingerprint density at radius 1 is 1.17 bits per heavy atom. The van der Waals surface area contributed by atoms with E-state index in [4.69, 9.17) is 14.2 Å². The molecule has 0 aliphatic carbocycles. The van der Waals surface area contributed by atoms with Crippen molar-refractivity contribution in [3.8, 4) is 17.6 Å². The zero-order chi connectivity index (χ0) is 24.8. The molecular weight excluding hydrogens is 463 g/mol. The van der Waals surface area contributed by atoms with Gasteiger partial charge in [-0.25, -0.2) is 9.97 Å². The van der Waals surface area contributed by atoms with Crippen LogP contribution in [-0.4, -0.2) is 61.4 Å². The number of halogens is 3. The molecule has 1 N–H and O–H groups in total. The maximum atomic E-state index is 13.3. The van der Waals surface area contributed by atoms with Gasteiger partial charge in [0.1, 0.15) is 18.2 Å². The summed E-state index contributed by atoms with van der Waals surface area (Å²) in [5.74, 6) is 1.18. The second-order valence-corrected chi connectivity index (χ2v) is 7.86. The fourth-order valence-electron chi connectivity index (χ4n) is 3.87. The lowest BCUT2D eigenvalue weighted by atomic mass is 10.1. The number of hydrogen-bond acceptors (Lipinski definition) is 8. The smallest absolute Gasteiger partial charge is 0.417 e. The van der Waals surface area contributed by atoms with E-state index in [1.165, 1.54) is 25.6 Å². The van der Waals surface area contributed by atoms with Crippen LogP contribution in [0, 0.1) is 11.3 Å². The van der Waals surface area contributed by atoms with Gasteiger partial charge in [-0.05, 0) is 24.6 Å². The van der Waals surface area contributed by atoms with Crippen LogP contribution in [0.3, 0.4) is 0 Å². The largest absolute Gasteiger partial charge is 0.493 e. The van der Waals surface area contributed by atoms with Crippen LogP contribution < -0.4 is 14.8 Å². The van der Waals surface area contributed by atoms with Crippen molar-refractivity contribution >= 4 is 22.4 Å². The molecule has 2 aromatic carbocycles. The summed E-state index contributed by atoms with van der Waals surface area (Å²) in [5, 5.41) is 12.7. The number of ether oxygens (including phenoxy) is 3. The third kappa shape index (κ3) is 5.72. The standard InChI is InChI=1S/C24H24F3N5O3/c1-33-21-12-16-20(13-22(21)35-9-3-6-32-7-10-34-11-8-32)29-15-30-23(16)31-19-5-2-4-18(17(19)14-28)24(25,26)27/h2,4-5,12-13,15H,3,6-11H2,1H3,(H,29,30,31). The highest BCUT2D eigenvalue weighted by Gasteiger charge is 2.34. The van der Waals surface area contributed by atoms with Crippen LogP contribution in [0.5, 0.6) is 11.5 Å². The molecule has 0 atom stereocenters. The third-order valence-corrected chi connectivity index (χ3v) is 5.64. The average molecular weight is 487 g/mol. The topological polar surface area (TPSA) is 92.5 Å². The van der Waals surface area contributed by atoms with Gasteiger partial charge in [-0.3, -0.25) is 4.90 Å². The van der Waals surface area contributed by atoms with Crippen LogP contribution in [-0.2, 0) is 10.9 Å². The summed E-state index contributed by atoms with van der Waals surface area (Å²) in [5.41, 5.74) is -1.03. The van der Waals surface area contributed by atoms with Gasteiger partial charge in [0.2, 0.25) is 0 Å². The van der Waals surface area contributed by atoms with Gasteiger partial charge in [-0.2, -0.15) is 18.4 Å². The number of methoxy groups -OCH3 is 1. The molecule has 1 saturated heterocycles. The van der Waals surface area contributed by atoms with Gasteiger partial charge < -0.3 is 19.5 Å². The molecule has 0 saturated carbocycles. The van der Waals surface area contributed by atoms with E-state index in [1.807, 2.05) is 0 Å². The van der Waals surface area contributed by atoms with E-state index in [2.05, 4.69) is 20.2 Å². The first kappa shape index (κ1) is 24.5. The molecule has 184 valence electrons. The lowest BCUT2D eigenvalue weighted by molar-refractivity contribution is -0.137. The van der Waals surface area contributed by atoms with Crippen molar-refractivity contribution in [3.05, 3.63) is 47.8 Å². The predicted molar refractivity (Wildman–Crippen MR) is 123 cm³/mol. The van der Waals surface area contributed by atoms with Crippen LogP contribution in [0.2, 0.25) is 0 Å². The Morgan fingerprint density at radius 3 is 2.69 bits per heavy atom. The monoisotopic (exact) mass is 487 g/mol. The minimum absolute atomic E-state index is 0.00951.